The van der Waals surface area contributed by atoms with E-state index < -0.39 is 0 Å². The van der Waals surface area contributed by atoms with E-state index in [1.807, 2.05) is 11.9 Å². The molecule has 0 radical (unpaired) electrons. The quantitative estimate of drug-likeness (QED) is 0.482. The molecule has 1 saturated carbocycles. The third-order valence-corrected chi connectivity index (χ3v) is 4.21. The molecule has 2 fully saturated rings. The zero-order valence-electron chi connectivity index (χ0n) is 10.6. The van der Waals surface area contributed by atoms with Crippen LogP contribution in [-0.2, 0) is 0 Å². The molecule has 0 aromatic heterocycles. The number of nitro groups is 1. The van der Waals surface area contributed by atoms with Crippen molar-refractivity contribution in [3.63, 3.8) is 0 Å². The van der Waals surface area contributed by atoms with Crippen molar-refractivity contribution < 1.29 is 4.92 Å². The van der Waals surface area contributed by atoms with Gasteiger partial charge in [0.05, 0.1) is 21.5 Å². The van der Waals surface area contributed by atoms with E-state index in [1.165, 1.54) is 12.8 Å². The second-order valence-corrected chi connectivity index (χ2v) is 5.53. The largest absolute Gasteiger partial charge is 0.376 e. The normalized spacial score (nSPS) is 26.8. The number of nitrogens with zero attached hydrogens (tertiary/aromatic N) is 2. The first-order valence-corrected chi connectivity index (χ1v) is 6.85. The highest BCUT2D eigenvalue weighted by Gasteiger charge is 2.32. The minimum atomic E-state index is -0.387. The lowest BCUT2D eigenvalue weighted by atomic mass is 10.1. The fourth-order valence-electron chi connectivity index (χ4n) is 2.80. The molecule has 0 bridgehead atoms. The minimum Gasteiger partial charge on any atom is -0.376 e. The van der Waals surface area contributed by atoms with Gasteiger partial charge in [-0.2, -0.15) is 0 Å². The number of rotatable bonds is 3. The van der Waals surface area contributed by atoms with Crippen molar-refractivity contribution in [3.8, 4) is 0 Å². The summed E-state index contributed by atoms with van der Waals surface area (Å²) >= 11 is 5.43. The summed E-state index contributed by atoms with van der Waals surface area (Å²) in [7, 11) is 1.88. The van der Waals surface area contributed by atoms with Crippen LogP contribution in [-0.4, -0.2) is 34.4 Å². The van der Waals surface area contributed by atoms with Gasteiger partial charge in [0, 0.05) is 19.6 Å². The molecule has 1 heterocycles. The molecule has 0 spiro atoms. The van der Waals surface area contributed by atoms with Gasteiger partial charge in [0.2, 0.25) is 0 Å². The molecule has 0 amide bonds. The summed E-state index contributed by atoms with van der Waals surface area (Å²) in [5.74, 6) is 0.0102. The molecule has 100 valence electrons. The number of likely N-dealkylation sites (tertiary alicyclic amines) is 1. The molecule has 18 heavy (non-hydrogen) atoms. The Labute approximate surface area is 112 Å². The SMILES string of the molecule is CN1CCC(C(=S)NC2CCCC2)/C1=C/[N+](=O)[O-]. The lowest BCUT2D eigenvalue weighted by Crippen LogP contribution is -2.36. The topological polar surface area (TPSA) is 58.4 Å². The van der Waals surface area contributed by atoms with Crippen LogP contribution in [0.3, 0.4) is 0 Å². The molecule has 0 aromatic carbocycles. The molecule has 1 unspecified atom stereocenters. The van der Waals surface area contributed by atoms with Gasteiger partial charge in [0.15, 0.2) is 0 Å². The van der Waals surface area contributed by atoms with Crippen molar-refractivity contribution >= 4 is 17.2 Å². The van der Waals surface area contributed by atoms with Crippen LogP contribution in [0.2, 0.25) is 0 Å². The summed E-state index contributed by atoms with van der Waals surface area (Å²) in [5.41, 5.74) is 0.732. The zero-order valence-corrected chi connectivity index (χ0v) is 11.4. The van der Waals surface area contributed by atoms with E-state index >= 15 is 0 Å². The van der Waals surface area contributed by atoms with Crippen LogP contribution in [0.1, 0.15) is 32.1 Å². The van der Waals surface area contributed by atoms with Crippen molar-refractivity contribution in [1.82, 2.24) is 10.2 Å². The molecule has 1 N–H and O–H groups in total. The lowest BCUT2D eigenvalue weighted by Gasteiger charge is -2.20. The highest BCUT2D eigenvalue weighted by atomic mass is 32.1. The maximum Gasteiger partial charge on any atom is 0.254 e. The van der Waals surface area contributed by atoms with Crippen LogP contribution in [0, 0.1) is 16.0 Å². The van der Waals surface area contributed by atoms with Crippen LogP contribution < -0.4 is 5.32 Å². The van der Waals surface area contributed by atoms with Gasteiger partial charge in [0.1, 0.15) is 0 Å². The molecule has 1 aliphatic heterocycles. The summed E-state index contributed by atoms with van der Waals surface area (Å²) in [6, 6.07) is 0.472. The van der Waals surface area contributed by atoms with Crippen molar-refractivity contribution in [2.45, 2.75) is 38.1 Å². The second kappa shape index (κ2) is 5.65. The summed E-state index contributed by atoms with van der Waals surface area (Å²) in [4.78, 5) is 13.0. The summed E-state index contributed by atoms with van der Waals surface area (Å²) in [5, 5.41) is 14.0. The molecular formula is C12H19N3O2S. The predicted octanol–water partition coefficient (Wildman–Crippen LogP) is 1.92. The number of hydrogen-bond acceptors (Lipinski definition) is 4. The number of nitrogens with one attached hydrogen (secondary N) is 1. The van der Waals surface area contributed by atoms with Gasteiger partial charge in [-0.3, -0.25) is 10.1 Å². The van der Waals surface area contributed by atoms with E-state index in [9.17, 15) is 10.1 Å². The first kappa shape index (κ1) is 13.3. The van der Waals surface area contributed by atoms with Crippen molar-refractivity contribution in [3.05, 3.63) is 22.0 Å². The molecule has 5 nitrogen and oxygen atoms in total. The molecule has 1 atom stereocenters. The number of thiocarbonyl (C=S) groups is 1. The van der Waals surface area contributed by atoms with Gasteiger partial charge in [-0.25, -0.2) is 0 Å². The smallest absolute Gasteiger partial charge is 0.254 e. The summed E-state index contributed by atoms with van der Waals surface area (Å²) in [6.07, 6.45) is 6.80. The third kappa shape index (κ3) is 2.98. The average molecular weight is 269 g/mol. The second-order valence-electron chi connectivity index (χ2n) is 5.09. The first-order chi connectivity index (χ1) is 8.58. The Morgan fingerprint density at radius 3 is 2.78 bits per heavy atom. The Morgan fingerprint density at radius 1 is 1.50 bits per heavy atom. The number of hydrogen-bond donors (Lipinski definition) is 1. The minimum absolute atomic E-state index is 0.0102. The van der Waals surface area contributed by atoms with Crippen LogP contribution in [0.4, 0.5) is 0 Å². The molecule has 2 rings (SSSR count). The zero-order chi connectivity index (χ0) is 13.1. The van der Waals surface area contributed by atoms with Gasteiger partial charge < -0.3 is 10.2 Å². The molecule has 1 aliphatic carbocycles. The van der Waals surface area contributed by atoms with Crippen molar-refractivity contribution in [2.24, 2.45) is 5.92 Å². The molecule has 6 heteroatoms. The van der Waals surface area contributed by atoms with Crippen LogP contribution in [0.15, 0.2) is 11.9 Å². The van der Waals surface area contributed by atoms with Crippen molar-refractivity contribution in [2.75, 3.05) is 13.6 Å². The molecular weight excluding hydrogens is 250 g/mol. The standard InChI is InChI=1S/C12H19N3O2S/c1-14-7-6-10(11(14)8-15(16)17)12(18)13-9-4-2-3-5-9/h8-10H,2-7H2,1H3,(H,13,18)/b11-8-. The Bertz CT molecular complexity index is 378. The highest BCUT2D eigenvalue weighted by molar-refractivity contribution is 7.80. The Kier molecular flexibility index (Phi) is 4.16. The van der Waals surface area contributed by atoms with Gasteiger partial charge in [0.25, 0.3) is 6.20 Å². The first-order valence-electron chi connectivity index (χ1n) is 6.44. The Balaban J connectivity index is 2.02. The summed E-state index contributed by atoms with van der Waals surface area (Å²) < 4.78 is 0. The Hall–Kier alpha value is -1.17. The maximum atomic E-state index is 10.7. The van der Waals surface area contributed by atoms with E-state index in [2.05, 4.69) is 5.32 Å². The highest BCUT2D eigenvalue weighted by Crippen LogP contribution is 2.28. The average Bonchev–Trinajstić information content (AvgIpc) is 2.90. The van der Waals surface area contributed by atoms with E-state index in [4.69, 9.17) is 12.2 Å². The van der Waals surface area contributed by atoms with E-state index in [-0.39, 0.29) is 10.8 Å². The Morgan fingerprint density at radius 2 is 2.17 bits per heavy atom. The van der Waals surface area contributed by atoms with Gasteiger partial charge in [-0.05, 0) is 19.3 Å². The molecule has 1 saturated heterocycles. The van der Waals surface area contributed by atoms with E-state index in [0.717, 1.165) is 42.7 Å². The monoisotopic (exact) mass is 269 g/mol. The predicted molar refractivity (Wildman–Crippen MR) is 73.8 cm³/mol. The van der Waals surface area contributed by atoms with E-state index in [0.29, 0.717) is 6.04 Å². The third-order valence-electron chi connectivity index (χ3n) is 3.81. The van der Waals surface area contributed by atoms with E-state index in [1.54, 1.807) is 0 Å². The van der Waals surface area contributed by atoms with Crippen LogP contribution >= 0.6 is 12.2 Å². The molecule has 2 aliphatic rings. The van der Waals surface area contributed by atoms with Crippen molar-refractivity contribution in [1.29, 1.82) is 0 Å². The fraction of sp³-hybridized carbons (Fsp3) is 0.750. The van der Waals surface area contributed by atoms with Crippen LogP contribution in [0.5, 0.6) is 0 Å². The van der Waals surface area contributed by atoms with Gasteiger partial charge in [-0.1, -0.05) is 25.1 Å². The van der Waals surface area contributed by atoms with Gasteiger partial charge in [-0.15, -0.1) is 0 Å². The molecule has 0 aromatic rings. The lowest BCUT2D eigenvalue weighted by molar-refractivity contribution is -0.404. The van der Waals surface area contributed by atoms with Gasteiger partial charge >= 0.3 is 0 Å². The maximum absolute atomic E-state index is 10.7. The summed E-state index contributed by atoms with van der Waals surface area (Å²) in [6.45, 7) is 0.830. The fourth-order valence-corrected chi connectivity index (χ4v) is 3.20. The van der Waals surface area contributed by atoms with Crippen LogP contribution in [0.25, 0.3) is 0 Å².